The standard InChI is InChI=1S/C12H18N2O2/c1-9-4-5-11(16-2)10(8-9)12(15)14-7-3-6-13/h4-5,8H,3,6-7,13H2,1-2H3,(H,14,15). The van der Waals surface area contributed by atoms with Crippen molar-refractivity contribution in [3.05, 3.63) is 29.3 Å². The highest BCUT2D eigenvalue weighted by molar-refractivity contribution is 5.97. The van der Waals surface area contributed by atoms with Gasteiger partial charge < -0.3 is 15.8 Å². The summed E-state index contributed by atoms with van der Waals surface area (Å²) >= 11 is 0. The second-order valence-corrected chi connectivity index (χ2v) is 3.60. The zero-order valence-electron chi connectivity index (χ0n) is 9.75. The van der Waals surface area contributed by atoms with Crippen molar-refractivity contribution in [1.29, 1.82) is 0 Å². The molecule has 4 heteroatoms. The molecular formula is C12H18N2O2. The van der Waals surface area contributed by atoms with Gasteiger partial charge in [0.25, 0.3) is 5.91 Å². The molecule has 0 aliphatic heterocycles. The first-order valence-corrected chi connectivity index (χ1v) is 5.32. The summed E-state index contributed by atoms with van der Waals surface area (Å²) in [6, 6.07) is 5.53. The molecule has 0 aliphatic rings. The van der Waals surface area contributed by atoms with Crippen molar-refractivity contribution in [3.8, 4) is 5.75 Å². The number of hydrogen-bond donors (Lipinski definition) is 2. The van der Waals surface area contributed by atoms with Gasteiger partial charge in [0.2, 0.25) is 0 Å². The number of methoxy groups -OCH3 is 1. The maximum absolute atomic E-state index is 11.8. The Balaban J connectivity index is 2.76. The quantitative estimate of drug-likeness (QED) is 0.733. The smallest absolute Gasteiger partial charge is 0.255 e. The van der Waals surface area contributed by atoms with Gasteiger partial charge in [0.1, 0.15) is 5.75 Å². The second kappa shape index (κ2) is 6.12. The third-order valence-electron chi connectivity index (χ3n) is 2.27. The Morgan fingerprint density at radius 2 is 2.25 bits per heavy atom. The number of nitrogens with one attached hydrogen (secondary N) is 1. The van der Waals surface area contributed by atoms with Crippen LogP contribution < -0.4 is 15.8 Å². The predicted octanol–water partition coefficient (Wildman–Crippen LogP) is 1.08. The highest BCUT2D eigenvalue weighted by Crippen LogP contribution is 2.19. The highest BCUT2D eigenvalue weighted by Gasteiger charge is 2.11. The molecule has 3 N–H and O–H groups in total. The van der Waals surface area contributed by atoms with E-state index in [1.165, 1.54) is 0 Å². The van der Waals surface area contributed by atoms with E-state index < -0.39 is 0 Å². The Hall–Kier alpha value is -1.55. The van der Waals surface area contributed by atoms with E-state index in [-0.39, 0.29) is 5.91 Å². The summed E-state index contributed by atoms with van der Waals surface area (Å²) in [5.41, 5.74) is 6.96. The van der Waals surface area contributed by atoms with E-state index in [1.807, 2.05) is 19.1 Å². The molecule has 0 unspecified atom stereocenters. The molecule has 4 nitrogen and oxygen atoms in total. The zero-order valence-corrected chi connectivity index (χ0v) is 9.75. The fourth-order valence-electron chi connectivity index (χ4n) is 1.40. The minimum absolute atomic E-state index is 0.117. The number of amides is 1. The molecule has 0 saturated heterocycles. The lowest BCUT2D eigenvalue weighted by atomic mass is 10.1. The van der Waals surface area contributed by atoms with E-state index in [0.717, 1.165) is 12.0 Å². The van der Waals surface area contributed by atoms with Crippen LogP contribution in [0.2, 0.25) is 0 Å². The molecule has 1 aromatic rings. The van der Waals surface area contributed by atoms with Crippen molar-refractivity contribution in [3.63, 3.8) is 0 Å². The molecule has 0 bridgehead atoms. The first-order valence-electron chi connectivity index (χ1n) is 5.32. The molecule has 0 aromatic heterocycles. The van der Waals surface area contributed by atoms with Gasteiger partial charge in [-0.25, -0.2) is 0 Å². The molecule has 0 spiro atoms. The molecule has 1 amide bonds. The van der Waals surface area contributed by atoms with E-state index in [0.29, 0.717) is 24.4 Å². The summed E-state index contributed by atoms with van der Waals surface area (Å²) < 4.78 is 5.14. The number of rotatable bonds is 5. The third kappa shape index (κ3) is 3.24. The van der Waals surface area contributed by atoms with Crippen molar-refractivity contribution in [1.82, 2.24) is 5.32 Å². The molecule has 1 aromatic carbocycles. The van der Waals surface area contributed by atoms with Crippen molar-refractivity contribution < 1.29 is 9.53 Å². The van der Waals surface area contributed by atoms with Gasteiger partial charge in [-0.15, -0.1) is 0 Å². The summed E-state index contributed by atoms with van der Waals surface area (Å²) in [5, 5.41) is 2.80. The maximum atomic E-state index is 11.8. The maximum Gasteiger partial charge on any atom is 0.255 e. The summed E-state index contributed by atoms with van der Waals surface area (Å²) in [5.74, 6) is 0.477. The number of carbonyl (C=O) groups excluding carboxylic acids is 1. The second-order valence-electron chi connectivity index (χ2n) is 3.60. The van der Waals surface area contributed by atoms with Crippen molar-refractivity contribution in [2.45, 2.75) is 13.3 Å². The summed E-state index contributed by atoms with van der Waals surface area (Å²) in [4.78, 5) is 11.8. The summed E-state index contributed by atoms with van der Waals surface area (Å²) in [7, 11) is 1.56. The number of hydrogen-bond acceptors (Lipinski definition) is 3. The fourth-order valence-corrected chi connectivity index (χ4v) is 1.40. The van der Waals surface area contributed by atoms with Crippen LogP contribution in [-0.4, -0.2) is 26.1 Å². The van der Waals surface area contributed by atoms with Crippen LogP contribution in [-0.2, 0) is 0 Å². The molecule has 0 aliphatic carbocycles. The Kier molecular flexibility index (Phi) is 4.79. The predicted molar refractivity (Wildman–Crippen MR) is 63.7 cm³/mol. The van der Waals surface area contributed by atoms with E-state index in [1.54, 1.807) is 13.2 Å². The number of carbonyl (C=O) groups is 1. The van der Waals surface area contributed by atoms with Gasteiger partial charge >= 0.3 is 0 Å². The van der Waals surface area contributed by atoms with Gasteiger partial charge in [-0.1, -0.05) is 11.6 Å². The summed E-state index contributed by atoms with van der Waals surface area (Å²) in [6.07, 6.45) is 0.778. The van der Waals surface area contributed by atoms with Gasteiger partial charge in [-0.3, -0.25) is 4.79 Å². The average Bonchev–Trinajstić information content (AvgIpc) is 2.29. The lowest BCUT2D eigenvalue weighted by Gasteiger charge is -2.09. The van der Waals surface area contributed by atoms with Crippen molar-refractivity contribution >= 4 is 5.91 Å². The van der Waals surface area contributed by atoms with Gasteiger partial charge in [0, 0.05) is 6.54 Å². The number of aryl methyl sites for hydroxylation is 1. The fraction of sp³-hybridized carbons (Fsp3) is 0.417. The van der Waals surface area contributed by atoms with Crippen LogP contribution in [0, 0.1) is 6.92 Å². The SMILES string of the molecule is COc1ccc(C)cc1C(=O)NCCCN. The van der Waals surface area contributed by atoms with Crippen LogP contribution in [0.15, 0.2) is 18.2 Å². The van der Waals surface area contributed by atoms with Crippen molar-refractivity contribution in [2.75, 3.05) is 20.2 Å². The van der Waals surface area contributed by atoms with Crippen LogP contribution in [0.5, 0.6) is 5.75 Å². The minimum Gasteiger partial charge on any atom is -0.496 e. The Bertz CT molecular complexity index is 364. The molecule has 0 radical (unpaired) electrons. The van der Waals surface area contributed by atoms with E-state index in [9.17, 15) is 4.79 Å². The van der Waals surface area contributed by atoms with E-state index in [2.05, 4.69) is 5.32 Å². The highest BCUT2D eigenvalue weighted by atomic mass is 16.5. The number of benzene rings is 1. The molecule has 0 atom stereocenters. The number of nitrogens with two attached hydrogens (primary N) is 1. The number of ether oxygens (including phenoxy) is 1. The Morgan fingerprint density at radius 1 is 1.50 bits per heavy atom. The molecule has 0 saturated carbocycles. The Morgan fingerprint density at radius 3 is 2.88 bits per heavy atom. The summed E-state index contributed by atoms with van der Waals surface area (Å²) in [6.45, 7) is 3.10. The van der Waals surface area contributed by atoms with Crippen LogP contribution in [0.1, 0.15) is 22.3 Å². The average molecular weight is 222 g/mol. The lowest BCUT2D eigenvalue weighted by Crippen LogP contribution is -2.26. The van der Waals surface area contributed by atoms with Gasteiger partial charge in [-0.05, 0) is 32.0 Å². The Labute approximate surface area is 95.8 Å². The molecular weight excluding hydrogens is 204 g/mol. The molecule has 88 valence electrons. The topological polar surface area (TPSA) is 64.3 Å². The first-order chi connectivity index (χ1) is 7.69. The van der Waals surface area contributed by atoms with E-state index in [4.69, 9.17) is 10.5 Å². The van der Waals surface area contributed by atoms with E-state index >= 15 is 0 Å². The van der Waals surface area contributed by atoms with Crippen LogP contribution >= 0.6 is 0 Å². The van der Waals surface area contributed by atoms with Gasteiger partial charge in [-0.2, -0.15) is 0 Å². The van der Waals surface area contributed by atoms with Crippen LogP contribution in [0.25, 0.3) is 0 Å². The first kappa shape index (κ1) is 12.5. The third-order valence-corrected chi connectivity index (χ3v) is 2.27. The monoisotopic (exact) mass is 222 g/mol. The molecule has 1 rings (SSSR count). The van der Waals surface area contributed by atoms with Gasteiger partial charge in [0.05, 0.1) is 12.7 Å². The zero-order chi connectivity index (χ0) is 12.0. The normalized spacial score (nSPS) is 9.94. The molecule has 0 heterocycles. The van der Waals surface area contributed by atoms with Gasteiger partial charge in [0.15, 0.2) is 0 Å². The van der Waals surface area contributed by atoms with Crippen LogP contribution in [0.4, 0.5) is 0 Å². The lowest BCUT2D eigenvalue weighted by molar-refractivity contribution is 0.0950. The largest absolute Gasteiger partial charge is 0.496 e. The van der Waals surface area contributed by atoms with Crippen LogP contribution in [0.3, 0.4) is 0 Å². The molecule has 16 heavy (non-hydrogen) atoms. The van der Waals surface area contributed by atoms with Crippen molar-refractivity contribution in [2.24, 2.45) is 5.73 Å². The molecule has 0 fully saturated rings. The minimum atomic E-state index is -0.117.